The summed E-state index contributed by atoms with van der Waals surface area (Å²) in [5.41, 5.74) is -0.560. The van der Waals surface area contributed by atoms with Crippen LogP contribution in [0.4, 0.5) is 8.78 Å². The van der Waals surface area contributed by atoms with E-state index in [1.165, 1.54) is 13.0 Å². The second-order valence-electron chi connectivity index (χ2n) is 2.86. The van der Waals surface area contributed by atoms with E-state index in [9.17, 15) is 13.6 Å². The van der Waals surface area contributed by atoms with Gasteiger partial charge in [0.25, 0.3) is 6.43 Å². The molecule has 0 aliphatic heterocycles. The van der Waals surface area contributed by atoms with Gasteiger partial charge in [0.05, 0.1) is 22.2 Å². The molecule has 0 bridgehead atoms. The number of alkyl halides is 2. The molecule has 2 nitrogen and oxygen atoms in total. The van der Waals surface area contributed by atoms with Crippen LogP contribution in [0.2, 0.25) is 5.02 Å². The lowest BCUT2D eigenvalue weighted by atomic mass is 10.0. The van der Waals surface area contributed by atoms with E-state index in [2.05, 4.69) is 0 Å². The van der Waals surface area contributed by atoms with Gasteiger partial charge in [0.15, 0.2) is 5.78 Å². The summed E-state index contributed by atoms with van der Waals surface area (Å²) in [6.45, 7) is 1.18. The van der Waals surface area contributed by atoms with Crippen LogP contribution < -0.4 is 0 Å². The average molecular weight is 230 g/mol. The number of halogens is 3. The van der Waals surface area contributed by atoms with Crippen molar-refractivity contribution in [1.29, 1.82) is 5.26 Å². The van der Waals surface area contributed by atoms with Gasteiger partial charge in [-0.1, -0.05) is 17.7 Å². The molecule has 1 rings (SSSR count). The molecule has 1 aromatic rings. The third-order valence-corrected chi connectivity index (χ3v) is 2.29. The predicted molar refractivity (Wildman–Crippen MR) is 51.1 cm³/mol. The van der Waals surface area contributed by atoms with E-state index in [4.69, 9.17) is 16.9 Å². The number of hydrogen-bond acceptors (Lipinski definition) is 2. The third kappa shape index (κ3) is 2.13. The number of benzene rings is 1. The van der Waals surface area contributed by atoms with Gasteiger partial charge in [0, 0.05) is 5.56 Å². The Morgan fingerprint density at radius 2 is 2.13 bits per heavy atom. The summed E-state index contributed by atoms with van der Waals surface area (Å²) >= 11 is 5.63. The Labute approximate surface area is 90.1 Å². The molecule has 0 heterocycles. The smallest absolute Gasteiger partial charge is 0.265 e. The molecule has 0 unspecified atom stereocenters. The second kappa shape index (κ2) is 4.37. The molecule has 0 aliphatic rings. The highest BCUT2D eigenvalue weighted by molar-refractivity contribution is 6.35. The summed E-state index contributed by atoms with van der Waals surface area (Å²) in [6.07, 6.45) is -2.76. The predicted octanol–water partition coefficient (Wildman–Crippen LogP) is 3.35. The molecule has 0 saturated carbocycles. The van der Waals surface area contributed by atoms with Crippen molar-refractivity contribution in [2.24, 2.45) is 0 Å². The number of hydrogen-bond donors (Lipinski definition) is 0. The molecular formula is C10H6ClF2NO. The monoisotopic (exact) mass is 229 g/mol. The summed E-state index contributed by atoms with van der Waals surface area (Å²) in [5, 5.41) is 8.34. The molecule has 0 N–H and O–H groups in total. The molecule has 0 aromatic heterocycles. The van der Waals surface area contributed by atoms with E-state index in [1.54, 1.807) is 6.07 Å². The summed E-state index contributed by atoms with van der Waals surface area (Å²) < 4.78 is 24.9. The maximum Gasteiger partial charge on any atom is 0.265 e. The highest BCUT2D eigenvalue weighted by atomic mass is 35.5. The Kier molecular flexibility index (Phi) is 3.38. The van der Waals surface area contributed by atoms with Crippen molar-refractivity contribution >= 4 is 17.4 Å². The van der Waals surface area contributed by atoms with Crippen LogP contribution in [-0.2, 0) is 0 Å². The Morgan fingerprint density at radius 3 is 2.53 bits per heavy atom. The Balaban J connectivity index is 3.51. The first-order valence-electron chi connectivity index (χ1n) is 4.00. The fourth-order valence-electron chi connectivity index (χ4n) is 1.20. The first kappa shape index (κ1) is 11.6. The number of Topliss-reactive ketones (excluding diaryl/α,β-unsaturated/α-hetero) is 1. The number of ketones is 1. The lowest BCUT2D eigenvalue weighted by Gasteiger charge is -2.08. The van der Waals surface area contributed by atoms with Gasteiger partial charge < -0.3 is 0 Å². The van der Waals surface area contributed by atoms with Gasteiger partial charge in [-0.15, -0.1) is 0 Å². The van der Waals surface area contributed by atoms with Crippen molar-refractivity contribution in [3.05, 3.63) is 33.8 Å². The highest BCUT2D eigenvalue weighted by Crippen LogP contribution is 2.31. The van der Waals surface area contributed by atoms with Crippen LogP contribution in [0.5, 0.6) is 0 Å². The highest BCUT2D eigenvalue weighted by Gasteiger charge is 2.20. The molecule has 0 amide bonds. The van der Waals surface area contributed by atoms with Gasteiger partial charge in [0.2, 0.25) is 0 Å². The zero-order valence-corrected chi connectivity index (χ0v) is 8.48. The Hall–Kier alpha value is -1.47. The number of nitriles is 1. The number of nitrogens with zero attached hydrogens (tertiary/aromatic N) is 1. The minimum absolute atomic E-state index is 0.0110. The minimum Gasteiger partial charge on any atom is -0.294 e. The van der Waals surface area contributed by atoms with Gasteiger partial charge in [-0.2, -0.15) is 5.26 Å². The average Bonchev–Trinajstić information content (AvgIpc) is 2.15. The standard InChI is InChI=1S/C10H6ClF2NO/c1-5(15)8-6(4-14)2-3-7(9(8)11)10(12)13/h2-3,10H,1H3. The first-order chi connectivity index (χ1) is 6.99. The molecule has 15 heavy (non-hydrogen) atoms. The van der Waals surface area contributed by atoms with Crippen LogP contribution in [-0.4, -0.2) is 5.78 Å². The van der Waals surface area contributed by atoms with Crippen LogP contribution in [0.3, 0.4) is 0 Å². The second-order valence-corrected chi connectivity index (χ2v) is 3.24. The van der Waals surface area contributed by atoms with Gasteiger partial charge in [-0.05, 0) is 13.0 Å². The first-order valence-corrected chi connectivity index (χ1v) is 4.38. The SMILES string of the molecule is CC(=O)c1c(C#N)ccc(C(F)F)c1Cl. The zero-order chi connectivity index (χ0) is 11.6. The van der Waals surface area contributed by atoms with Crippen LogP contribution in [0.25, 0.3) is 0 Å². The van der Waals surface area contributed by atoms with E-state index in [1.807, 2.05) is 0 Å². The third-order valence-electron chi connectivity index (χ3n) is 1.88. The van der Waals surface area contributed by atoms with Crippen molar-refractivity contribution < 1.29 is 13.6 Å². The topological polar surface area (TPSA) is 40.9 Å². The lowest BCUT2D eigenvalue weighted by molar-refractivity contribution is 0.101. The quantitative estimate of drug-likeness (QED) is 0.730. The van der Waals surface area contributed by atoms with E-state index >= 15 is 0 Å². The maximum absolute atomic E-state index is 12.4. The summed E-state index contributed by atoms with van der Waals surface area (Å²) in [5.74, 6) is -0.501. The van der Waals surface area contributed by atoms with Crippen LogP contribution in [0.15, 0.2) is 12.1 Å². The van der Waals surface area contributed by atoms with E-state index in [-0.39, 0.29) is 16.1 Å². The van der Waals surface area contributed by atoms with Crippen molar-refractivity contribution in [2.75, 3.05) is 0 Å². The molecule has 0 atom stereocenters. The van der Waals surface area contributed by atoms with Gasteiger partial charge in [0.1, 0.15) is 0 Å². The normalized spacial score (nSPS) is 10.1. The molecular weight excluding hydrogens is 224 g/mol. The van der Waals surface area contributed by atoms with Crippen LogP contribution in [0.1, 0.15) is 34.8 Å². The van der Waals surface area contributed by atoms with Crippen molar-refractivity contribution in [2.45, 2.75) is 13.3 Å². The van der Waals surface area contributed by atoms with Crippen molar-refractivity contribution in [1.82, 2.24) is 0 Å². The molecule has 0 radical (unpaired) electrons. The fraction of sp³-hybridized carbons (Fsp3) is 0.200. The number of carbonyl (C=O) groups is 1. The minimum atomic E-state index is -2.76. The molecule has 0 aliphatic carbocycles. The molecule has 1 aromatic carbocycles. The van der Waals surface area contributed by atoms with Gasteiger partial charge >= 0.3 is 0 Å². The Morgan fingerprint density at radius 1 is 1.53 bits per heavy atom. The molecule has 78 valence electrons. The van der Waals surface area contributed by atoms with Gasteiger partial charge in [-0.3, -0.25) is 4.79 Å². The van der Waals surface area contributed by atoms with Crippen LogP contribution >= 0.6 is 11.6 Å². The maximum atomic E-state index is 12.4. The lowest BCUT2D eigenvalue weighted by Crippen LogP contribution is -2.01. The van der Waals surface area contributed by atoms with Crippen molar-refractivity contribution in [3.8, 4) is 6.07 Å². The largest absolute Gasteiger partial charge is 0.294 e. The van der Waals surface area contributed by atoms with E-state index in [0.717, 1.165) is 6.07 Å². The van der Waals surface area contributed by atoms with Crippen molar-refractivity contribution in [3.63, 3.8) is 0 Å². The summed E-state index contributed by atoms with van der Waals surface area (Å²) in [4.78, 5) is 11.1. The van der Waals surface area contributed by atoms with Crippen LogP contribution in [0, 0.1) is 11.3 Å². The number of carbonyl (C=O) groups excluding carboxylic acids is 1. The van der Waals surface area contributed by atoms with E-state index in [0.29, 0.717) is 0 Å². The molecule has 5 heteroatoms. The molecule has 0 fully saturated rings. The molecule has 0 spiro atoms. The number of rotatable bonds is 2. The zero-order valence-electron chi connectivity index (χ0n) is 7.72. The van der Waals surface area contributed by atoms with Gasteiger partial charge in [-0.25, -0.2) is 8.78 Å². The Bertz CT molecular complexity index is 451. The molecule has 0 saturated heterocycles. The van der Waals surface area contributed by atoms with E-state index < -0.39 is 17.8 Å². The summed E-state index contributed by atoms with van der Waals surface area (Å²) in [6, 6.07) is 3.96. The fourth-order valence-corrected chi connectivity index (χ4v) is 1.58. The summed E-state index contributed by atoms with van der Waals surface area (Å²) in [7, 11) is 0.